The summed E-state index contributed by atoms with van der Waals surface area (Å²) < 4.78 is 0. The van der Waals surface area contributed by atoms with E-state index in [4.69, 9.17) is 10.8 Å². The molecule has 0 aliphatic carbocycles. The second-order valence-electron chi connectivity index (χ2n) is 4.11. The van der Waals surface area contributed by atoms with Gasteiger partial charge in [0.15, 0.2) is 11.5 Å². The number of aromatic nitrogens is 2. The molecule has 1 unspecified atom stereocenters. The molecule has 0 spiro atoms. The van der Waals surface area contributed by atoms with Crippen LogP contribution in [0, 0.1) is 0 Å². The van der Waals surface area contributed by atoms with E-state index in [0.717, 1.165) is 0 Å². The molecule has 2 rings (SSSR count). The van der Waals surface area contributed by atoms with Crippen molar-refractivity contribution in [3.05, 3.63) is 30.1 Å². The largest absolute Gasteiger partial charge is 0.504 e. The Morgan fingerprint density at radius 2 is 2.11 bits per heavy atom. The molecule has 0 radical (unpaired) electrons. The van der Waals surface area contributed by atoms with Gasteiger partial charge in [-0.05, 0) is 18.2 Å². The number of hydrogen-bond acceptors (Lipinski definition) is 5. The van der Waals surface area contributed by atoms with Crippen LogP contribution >= 0.6 is 0 Å². The van der Waals surface area contributed by atoms with E-state index in [9.17, 15) is 15.0 Å². The van der Waals surface area contributed by atoms with E-state index in [0.29, 0.717) is 17.1 Å². The second-order valence-corrected chi connectivity index (χ2v) is 4.11. The monoisotopic (exact) mass is 263 g/mol. The van der Waals surface area contributed by atoms with Gasteiger partial charge in [0.25, 0.3) is 0 Å². The zero-order valence-electron chi connectivity index (χ0n) is 9.87. The van der Waals surface area contributed by atoms with Crippen molar-refractivity contribution in [1.29, 1.82) is 0 Å². The molecule has 1 heterocycles. The Hall–Kier alpha value is -2.54. The smallest absolute Gasteiger partial charge is 0.320 e. The quantitative estimate of drug-likeness (QED) is 0.508. The van der Waals surface area contributed by atoms with Crippen molar-refractivity contribution >= 4 is 5.97 Å². The molecule has 0 aliphatic heterocycles. The summed E-state index contributed by atoms with van der Waals surface area (Å²) in [7, 11) is 0. The Morgan fingerprint density at radius 1 is 1.37 bits per heavy atom. The molecule has 7 heteroatoms. The standard InChI is InChI=1S/C12H13N3O4/c13-8(12(18)19)4-7-5-14-11(15-7)6-1-2-9(16)10(17)3-6/h1-3,5,8,16-17H,4,13H2,(H,14,15)(H,18,19). The lowest BCUT2D eigenvalue weighted by atomic mass is 10.2. The Labute approximate surface area is 108 Å². The van der Waals surface area contributed by atoms with Gasteiger partial charge in [0, 0.05) is 23.9 Å². The van der Waals surface area contributed by atoms with Crippen LogP contribution in [0.25, 0.3) is 11.4 Å². The number of carboxylic acid groups (broad SMARTS) is 1. The number of nitrogens with two attached hydrogens (primary N) is 1. The fourth-order valence-corrected chi connectivity index (χ4v) is 1.60. The summed E-state index contributed by atoms with van der Waals surface area (Å²) in [4.78, 5) is 17.6. The molecule has 1 aromatic carbocycles. The van der Waals surface area contributed by atoms with Crippen molar-refractivity contribution in [2.24, 2.45) is 5.73 Å². The number of hydrogen-bond donors (Lipinski definition) is 5. The molecule has 0 amide bonds. The average Bonchev–Trinajstić information content (AvgIpc) is 2.81. The van der Waals surface area contributed by atoms with E-state index in [1.807, 2.05) is 0 Å². The number of aliphatic carboxylic acids is 1. The van der Waals surface area contributed by atoms with Gasteiger partial charge >= 0.3 is 5.97 Å². The number of benzene rings is 1. The van der Waals surface area contributed by atoms with Crippen LogP contribution in [0.4, 0.5) is 0 Å². The fraction of sp³-hybridized carbons (Fsp3) is 0.167. The molecule has 7 nitrogen and oxygen atoms in total. The van der Waals surface area contributed by atoms with E-state index in [1.165, 1.54) is 18.3 Å². The number of aromatic amines is 1. The molecule has 6 N–H and O–H groups in total. The normalized spacial score (nSPS) is 12.3. The highest BCUT2D eigenvalue weighted by Gasteiger charge is 2.14. The van der Waals surface area contributed by atoms with Crippen LogP contribution in [0.3, 0.4) is 0 Å². The summed E-state index contributed by atoms with van der Waals surface area (Å²) in [6.45, 7) is 0. The third kappa shape index (κ3) is 2.83. The van der Waals surface area contributed by atoms with Gasteiger partial charge in [0.2, 0.25) is 0 Å². The van der Waals surface area contributed by atoms with E-state index >= 15 is 0 Å². The van der Waals surface area contributed by atoms with Crippen LogP contribution in [0.1, 0.15) is 5.69 Å². The number of phenols is 2. The maximum Gasteiger partial charge on any atom is 0.320 e. The van der Waals surface area contributed by atoms with E-state index in [2.05, 4.69) is 9.97 Å². The highest BCUT2D eigenvalue weighted by atomic mass is 16.4. The number of nitrogens with one attached hydrogen (secondary N) is 1. The number of carbonyl (C=O) groups is 1. The molecule has 0 saturated heterocycles. The number of rotatable bonds is 4. The van der Waals surface area contributed by atoms with Gasteiger partial charge in [0.05, 0.1) is 0 Å². The van der Waals surface area contributed by atoms with Crippen molar-refractivity contribution in [1.82, 2.24) is 9.97 Å². The van der Waals surface area contributed by atoms with Gasteiger partial charge < -0.3 is 26.0 Å². The van der Waals surface area contributed by atoms with Gasteiger partial charge in [-0.2, -0.15) is 0 Å². The lowest BCUT2D eigenvalue weighted by Gasteiger charge is -2.03. The SMILES string of the molecule is NC(Cc1cnc(-c2ccc(O)c(O)c2)[nH]1)C(=O)O. The summed E-state index contributed by atoms with van der Waals surface area (Å²) in [5.74, 6) is -1.09. The first kappa shape index (κ1) is 12.9. The maximum atomic E-state index is 10.6. The number of H-pyrrole nitrogens is 1. The maximum absolute atomic E-state index is 10.6. The lowest BCUT2D eigenvalue weighted by Crippen LogP contribution is -2.32. The summed E-state index contributed by atoms with van der Waals surface area (Å²) in [6, 6.07) is 3.28. The average molecular weight is 263 g/mol. The molecule has 0 aliphatic rings. The first-order chi connectivity index (χ1) is 8.97. The second kappa shape index (κ2) is 4.99. The van der Waals surface area contributed by atoms with Gasteiger partial charge in [-0.25, -0.2) is 4.98 Å². The lowest BCUT2D eigenvalue weighted by molar-refractivity contribution is -0.138. The predicted molar refractivity (Wildman–Crippen MR) is 66.7 cm³/mol. The number of imidazole rings is 1. The van der Waals surface area contributed by atoms with Crippen molar-refractivity contribution in [2.45, 2.75) is 12.5 Å². The molecule has 1 aromatic heterocycles. The minimum absolute atomic E-state index is 0.131. The summed E-state index contributed by atoms with van der Waals surface area (Å²) >= 11 is 0. The summed E-state index contributed by atoms with van der Waals surface area (Å²) in [6.07, 6.45) is 1.62. The Bertz CT molecular complexity index is 609. The van der Waals surface area contributed by atoms with Crippen LogP contribution in [0.5, 0.6) is 11.5 Å². The third-order valence-electron chi connectivity index (χ3n) is 2.63. The van der Waals surface area contributed by atoms with E-state index in [1.54, 1.807) is 6.07 Å². The number of phenolic OH excluding ortho intramolecular Hbond substituents is 2. The van der Waals surface area contributed by atoms with Crippen LogP contribution in [-0.4, -0.2) is 37.3 Å². The fourth-order valence-electron chi connectivity index (χ4n) is 1.60. The molecule has 19 heavy (non-hydrogen) atoms. The van der Waals surface area contributed by atoms with Crippen molar-refractivity contribution in [3.8, 4) is 22.9 Å². The number of aromatic hydroxyl groups is 2. The third-order valence-corrected chi connectivity index (χ3v) is 2.63. The molecular formula is C12H13N3O4. The molecular weight excluding hydrogens is 250 g/mol. The zero-order valence-corrected chi connectivity index (χ0v) is 9.87. The number of carboxylic acids is 1. The Morgan fingerprint density at radius 3 is 2.74 bits per heavy atom. The van der Waals surface area contributed by atoms with Crippen molar-refractivity contribution in [3.63, 3.8) is 0 Å². The van der Waals surface area contributed by atoms with Gasteiger partial charge in [-0.1, -0.05) is 0 Å². The molecule has 1 atom stereocenters. The first-order valence-electron chi connectivity index (χ1n) is 5.52. The molecule has 0 bridgehead atoms. The van der Waals surface area contributed by atoms with Crippen LogP contribution in [0.2, 0.25) is 0 Å². The van der Waals surface area contributed by atoms with Crippen LogP contribution in [0.15, 0.2) is 24.4 Å². The summed E-state index contributed by atoms with van der Waals surface area (Å²) in [5.41, 5.74) is 6.58. The number of nitrogens with zero attached hydrogens (tertiary/aromatic N) is 1. The van der Waals surface area contributed by atoms with Gasteiger partial charge in [-0.15, -0.1) is 0 Å². The Balaban J connectivity index is 2.20. The van der Waals surface area contributed by atoms with E-state index < -0.39 is 12.0 Å². The Kier molecular flexibility index (Phi) is 3.39. The summed E-state index contributed by atoms with van der Waals surface area (Å²) in [5, 5.41) is 27.3. The van der Waals surface area contributed by atoms with Crippen molar-refractivity contribution < 1.29 is 20.1 Å². The van der Waals surface area contributed by atoms with E-state index in [-0.39, 0.29) is 17.9 Å². The minimum atomic E-state index is -1.08. The van der Waals surface area contributed by atoms with Gasteiger partial charge in [-0.3, -0.25) is 4.79 Å². The molecule has 0 fully saturated rings. The molecule has 100 valence electrons. The predicted octanol–water partition coefficient (Wildman–Crippen LogP) is 0.442. The topological polar surface area (TPSA) is 132 Å². The highest BCUT2D eigenvalue weighted by Crippen LogP contribution is 2.29. The highest BCUT2D eigenvalue weighted by molar-refractivity contribution is 5.73. The zero-order chi connectivity index (χ0) is 14.0. The molecule has 2 aromatic rings. The van der Waals surface area contributed by atoms with Crippen LogP contribution < -0.4 is 5.73 Å². The van der Waals surface area contributed by atoms with Crippen LogP contribution in [-0.2, 0) is 11.2 Å². The first-order valence-corrected chi connectivity index (χ1v) is 5.52. The van der Waals surface area contributed by atoms with Crippen molar-refractivity contribution in [2.75, 3.05) is 0 Å². The minimum Gasteiger partial charge on any atom is -0.504 e. The van der Waals surface area contributed by atoms with Gasteiger partial charge in [0.1, 0.15) is 11.9 Å². The molecule has 0 saturated carbocycles.